The van der Waals surface area contributed by atoms with Crippen molar-refractivity contribution in [3.8, 4) is 5.75 Å². The molecule has 1 atom stereocenters. The van der Waals surface area contributed by atoms with Crippen molar-refractivity contribution in [3.05, 3.63) is 102 Å². The normalized spacial score (nSPS) is 11.9. The van der Waals surface area contributed by atoms with Gasteiger partial charge in [-0.3, -0.25) is 4.79 Å². The van der Waals surface area contributed by atoms with E-state index in [0.29, 0.717) is 6.61 Å². The fourth-order valence-electron chi connectivity index (χ4n) is 2.58. The quantitative estimate of drug-likeness (QED) is 0.402. The summed E-state index contributed by atoms with van der Waals surface area (Å²) in [5.41, 5.74) is 5.73. The molecule has 0 bridgehead atoms. The molecule has 3 aromatic rings. The van der Waals surface area contributed by atoms with Crippen molar-refractivity contribution in [2.45, 2.75) is 24.5 Å². The monoisotopic (exact) mass is 404 g/mol. The predicted molar refractivity (Wildman–Crippen MR) is 120 cm³/mol. The van der Waals surface area contributed by atoms with Gasteiger partial charge in [0.15, 0.2) is 0 Å². The van der Waals surface area contributed by atoms with Crippen LogP contribution >= 0.6 is 11.8 Å². The van der Waals surface area contributed by atoms with Crippen LogP contribution in [0.5, 0.6) is 5.75 Å². The van der Waals surface area contributed by atoms with E-state index in [0.717, 1.165) is 22.6 Å². The number of ether oxygens (including phenoxy) is 1. The molecule has 0 fully saturated rings. The molecule has 0 saturated carbocycles. The maximum atomic E-state index is 12.3. The van der Waals surface area contributed by atoms with Crippen LogP contribution in [0.1, 0.15) is 23.6 Å². The average Bonchev–Trinajstić information content (AvgIpc) is 2.78. The van der Waals surface area contributed by atoms with Crippen molar-refractivity contribution < 1.29 is 9.53 Å². The number of carbonyl (C=O) groups is 1. The van der Waals surface area contributed by atoms with E-state index < -0.39 is 0 Å². The molecular formula is C24H24N2O2S. The predicted octanol–water partition coefficient (Wildman–Crippen LogP) is 5.04. The minimum absolute atomic E-state index is 0.120. The molecule has 148 valence electrons. The highest BCUT2D eigenvalue weighted by Crippen LogP contribution is 2.19. The highest BCUT2D eigenvalue weighted by molar-refractivity contribution is 7.99. The van der Waals surface area contributed by atoms with Crippen LogP contribution in [0.25, 0.3) is 0 Å². The van der Waals surface area contributed by atoms with Gasteiger partial charge in [-0.2, -0.15) is 5.10 Å². The van der Waals surface area contributed by atoms with Crippen molar-refractivity contribution in [3.63, 3.8) is 0 Å². The van der Waals surface area contributed by atoms with E-state index in [2.05, 4.69) is 22.7 Å². The number of thioether (sulfide) groups is 1. The lowest BCUT2D eigenvalue weighted by molar-refractivity contribution is -0.120. The van der Waals surface area contributed by atoms with Gasteiger partial charge in [0.1, 0.15) is 12.4 Å². The maximum absolute atomic E-state index is 12.3. The molecule has 0 unspecified atom stereocenters. The smallest absolute Gasteiger partial charge is 0.252 e. The van der Waals surface area contributed by atoms with Gasteiger partial charge < -0.3 is 4.74 Å². The molecule has 0 aliphatic heterocycles. The third-order valence-electron chi connectivity index (χ3n) is 4.25. The molecule has 0 aliphatic rings. The van der Waals surface area contributed by atoms with Gasteiger partial charge >= 0.3 is 0 Å². The number of nitrogens with one attached hydrogen (secondary N) is 1. The summed E-state index contributed by atoms with van der Waals surface area (Å²) in [6, 6.07) is 27.7. The van der Waals surface area contributed by atoms with Gasteiger partial charge in [-0.15, -0.1) is 11.8 Å². The third kappa shape index (κ3) is 6.80. The van der Waals surface area contributed by atoms with Crippen LogP contribution in [0, 0.1) is 0 Å². The summed E-state index contributed by atoms with van der Waals surface area (Å²) in [5, 5.41) is 3.92. The van der Waals surface area contributed by atoms with Crippen molar-refractivity contribution in [2.24, 2.45) is 5.10 Å². The fourth-order valence-corrected chi connectivity index (χ4v) is 3.42. The molecule has 3 aromatic carbocycles. The first-order valence-electron chi connectivity index (χ1n) is 9.46. The Balaban J connectivity index is 1.51. The van der Waals surface area contributed by atoms with E-state index in [-0.39, 0.29) is 11.2 Å². The number of amides is 1. The number of rotatable bonds is 9. The van der Waals surface area contributed by atoms with Gasteiger partial charge in [0.25, 0.3) is 5.91 Å². The summed E-state index contributed by atoms with van der Waals surface area (Å²) in [4.78, 5) is 12.3. The number of para-hydroxylation sites is 1. The van der Waals surface area contributed by atoms with E-state index in [4.69, 9.17) is 4.74 Å². The molecule has 4 nitrogen and oxygen atoms in total. The van der Waals surface area contributed by atoms with E-state index in [1.165, 1.54) is 5.56 Å². The zero-order valence-corrected chi connectivity index (χ0v) is 17.1. The minimum Gasteiger partial charge on any atom is -0.488 e. The van der Waals surface area contributed by atoms with Crippen LogP contribution in [0.4, 0.5) is 0 Å². The zero-order valence-electron chi connectivity index (χ0n) is 16.3. The van der Waals surface area contributed by atoms with Crippen LogP contribution in [-0.4, -0.2) is 17.4 Å². The second-order valence-corrected chi connectivity index (χ2v) is 7.81. The number of carbonyl (C=O) groups excluding carboxylic acids is 1. The van der Waals surface area contributed by atoms with Crippen LogP contribution in [-0.2, 0) is 17.2 Å². The third-order valence-corrected chi connectivity index (χ3v) is 5.46. The molecule has 0 saturated heterocycles. The molecule has 0 heterocycles. The lowest BCUT2D eigenvalue weighted by Crippen LogP contribution is -2.27. The van der Waals surface area contributed by atoms with E-state index >= 15 is 0 Å². The molecule has 0 spiro atoms. The second-order valence-electron chi connectivity index (χ2n) is 6.49. The van der Waals surface area contributed by atoms with Gasteiger partial charge in [-0.05, 0) is 30.2 Å². The summed E-state index contributed by atoms with van der Waals surface area (Å²) in [5.74, 6) is 1.39. The van der Waals surface area contributed by atoms with E-state index in [1.54, 1.807) is 18.0 Å². The maximum Gasteiger partial charge on any atom is 0.252 e. The summed E-state index contributed by atoms with van der Waals surface area (Å²) in [6.07, 6.45) is 1.62. The number of hydrogen-bond donors (Lipinski definition) is 1. The molecule has 0 aliphatic carbocycles. The Kier molecular flexibility index (Phi) is 7.90. The molecule has 0 aromatic heterocycles. The van der Waals surface area contributed by atoms with Gasteiger partial charge in [-0.1, -0.05) is 72.8 Å². The van der Waals surface area contributed by atoms with Crippen LogP contribution in [0.3, 0.4) is 0 Å². The Bertz CT molecular complexity index is 930. The molecule has 0 radical (unpaired) electrons. The molecule has 3 rings (SSSR count). The number of benzene rings is 3. The zero-order chi connectivity index (χ0) is 20.3. The first-order valence-corrected chi connectivity index (χ1v) is 10.5. The van der Waals surface area contributed by atoms with Crippen LogP contribution in [0.2, 0.25) is 0 Å². The molecule has 29 heavy (non-hydrogen) atoms. The number of hydrazone groups is 1. The summed E-state index contributed by atoms with van der Waals surface area (Å²) in [7, 11) is 0. The molecule has 1 N–H and O–H groups in total. The van der Waals surface area contributed by atoms with Gasteiger partial charge in [-0.25, -0.2) is 5.43 Å². The summed E-state index contributed by atoms with van der Waals surface area (Å²) < 4.78 is 5.91. The number of hydrogen-bond acceptors (Lipinski definition) is 4. The topological polar surface area (TPSA) is 50.7 Å². The lowest BCUT2D eigenvalue weighted by Gasteiger charge is -2.10. The standard InChI is InChI=1S/C24H24N2O2S/c1-19(29-18-21-12-6-3-7-13-21)24(27)26-25-16-22-14-8-9-15-23(22)28-17-20-10-4-2-5-11-20/h2-16,19H,17-18H2,1H3,(H,26,27)/b25-16-/t19-/m1/s1. The van der Waals surface area contributed by atoms with Gasteiger partial charge in [0.2, 0.25) is 0 Å². The first-order chi connectivity index (χ1) is 14.2. The Morgan fingerprint density at radius 2 is 1.59 bits per heavy atom. The van der Waals surface area contributed by atoms with E-state index in [1.807, 2.05) is 79.7 Å². The van der Waals surface area contributed by atoms with Crippen LogP contribution < -0.4 is 10.2 Å². The second kappa shape index (κ2) is 11.1. The Morgan fingerprint density at radius 3 is 2.31 bits per heavy atom. The summed E-state index contributed by atoms with van der Waals surface area (Å²) in [6.45, 7) is 2.36. The van der Waals surface area contributed by atoms with Crippen molar-refractivity contribution in [2.75, 3.05) is 0 Å². The van der Waals surface area contributed by atoms with E-state index in [9.17, 15) is 4.79 Å². The SMILES string of the molecule is C[C@@H](SCc1ccccc1)C(=O)N/N=C\c1ccccc1OCc1ccccc1. The van der Waals surface area contributed by atoms with Gasteiger partial charge in [0.05, 0.1) is 11.5 Å². The molecule has 5 heteroatoms. The Labute approximate surface area is 176 Å². The van der Waals surface area contributed by atoms with Gasteiger partial charge in [0, 0.05) is 11.3 Å². The minimum atomic E-state index is -0.197. The first kappa shape index (κ1) is 20.7. The molecule has 1 amide bonds. The number of nitrogens with zero attached hydrogens (tertiary/aromatic N) is 1. The highest BCUT2D eigenvalue weighted by Gasteiger charge is 2.12. The molecular weight excluding hydrogens is 380 g/mol. The van der Waals surface area contributed by atoms with Crippen molar-refractivity contribution in [1.82, 2.24) is 5.43 Å². The largest absolute Gasteiger partial charge is 0.488 e. The fraction of sp³-hybridized carbons (Fsp3) is 0.167. The van der Waals surface area contributed by atoms with Crippen LogP contribution in [0.15, 0.2) is 90.0 Å². The van der Waals surface area contributed by atoms with Crippen molar-refractivity contribution >= 4 is 23.9 Å². The Morgan fingerprint density at radius 1 is 0.966 bits per heavy atom. The Hall–Kier alpha value is -3.05. The summed E-state index contributed by atoms with van der Waals surface area (Å²) >= 11 is 1.58. The lowest BCUT2D eigenvalue weighted by atomic mass is 10.2. The average molecular weight is 405 g/mol. The van der Waals surface area contributed by atoms with Crippen molar-refractivity contribution in [1.29, 1.82) is 0 Å². The highest BCUT2D eigenvalue weighted by atomic mass is 32.2.